The summed E-state index contributed by atoms with van der Waals surface area (Å²) in [5.41, 5.74) is 4.49. The second-order valence-corrected chi connectivity index (χ2v) is 4.28. The minimum absolute atomic E-state index is 0.852. The van der Waals surface area contributed by atoms with Crippen molar-refractivity contribution in [1.29, 1.82) is 0 Å². The molecule has 2 heteroatoms. The summed E-state index contributed by atoms with van der Waals surface area (Å²) in [5, 5.41) is 3.41. The van der Waals surface area contributed by atoms with Gasteiger partial charge in [0.1, 0.15) is 0 Å². The number of aromatic nitrogens is 1. The van der Waals surface area contributed by atoms with E-state index in [2.05, 4.69) is 16.4 Å². The normalized spacial score (nSPS) is 22.5. The largest absolute Gasteiger partial charge is 0.362 e. The maximum Gasteiger partial charge on any atom is 0.0223 e. The molecule has 3 rings (SSSR count). The van der Waals surface area contributed by atoms with Gasteiger partial charge in [-0.25, -0.2) is 0 Å². The molecule has 13 heavy (non-hydrogen) atoms. The Balaban J connectivity index is 1.90. The van der Waals surface area contributed by atoms with Gasteiger partial charge in [-0.3, -0.25) is 0 Å². The second-order valence-electron chi connectivity index (χ2n) is 4.28. The van der Waals surface area contributed by atoms with Gasteiger partial charge in [0, 0.05) is 30.9 Å². The van der Waals surface area contributed by atoms with Gasteiger partial charge in [-0.05, 0) is 30.4 Å². The first-order chi connectivity index (χ1) is 6.43. The number of aromatic amines is 1. The Labute approximate surface area is 78.7 Å². The minimum Gasteiger partial charge on any atom is -0.362 e. The summed E-state index contributed by atoms with van der Waals surface area (Å²) >= 11 is 0. The molecule has 1 saturated carbocycles. The number of hydrogen-bond donors (Lipinski definition) is 2. The van der Waals surface area contributed by atoms with Gasteiger partial charge in [-0.2, -0.15) is 0 Å². The van der Waals surface area contributed by atoms with Crippen LogP contribution in [0.15, 0.2) is 6.07 Å². The van der Waals surface area contributed by atoms with E-state index in [0.29, 0.717) is 0 Å². The summed E-state index contributed by atoms with van der Waals surface area (Å²) in [7, 11) is 0. The molecule has 1 aliphatic carbocycles. The van der Waals surface area contributed by atoms with Crippen LogP contribution in [-0.4, -0.2) is 11.5 Å². The zero-order valence-electron chi connectivity index (χ0n) is 7.90. The Morgan fingerprint density at radius 2 is 2.23 bits per heavy atom. The minimum atomic E-state index is 0.852. The van der Waals surface area contributed by atoms with Crippen molar-refractivity contribution in [3.05, 3.63) is 23.0 Å². The van der Waals surface area contributed by atoms with Crippen molar-refractivity contribution in [3.63, 3.8) is 0 Å². The van der Waals surface area contributed by atoms with E-state index in [-0.39, 0.29) is 0 Å². The van der Waals surface area contributed by atoms with Gasteiger partial charge < -0.3 is 10.3 Å². The van der Waals surface area contributed by atoms with Crippen LogP contribution in [0.5, 0.6) is 0 Å². The average molecular weight is 176 g/mol. The molecule has 1 aromatic rings. The van der Waals surface area contributed by atoms with Gasteiger partial charge >= 0.3 is 0 Å². The molecule has 2 aliphatic rings. The summed E-state index contributed by atoms with van der Waals surface area (Å²) in [6, 6.07) is 2.38. The van der Waals surface area contributed by atoms with Crippen molar-refractivity contribution in [2.75, 3.05) is 6.54 Å². The van der Waals surface area contributed by atoms with E-state index in [1.807, 2.05) is 0 Å². The Morgan fingerprint density at radius 1 is 1.31 bits per heavy atom. The van der Waals surface area contributed by atoms with Crippen molar-refractivity contribution in [2.45, 2.75) is 38.1 Å². The highest BCUT2D eigenvalue weighted by molar-refractivity contribution is 5.30. The molecular weight excluding hydrogens is 160 g/mol. The van der Waals surface area contributed by atoms with Crippen LogP contribution in [0, 0.1) is 0 Å². The second kappa shape index (κ2) is 2.88. The molecule has 70 valence electrons. The number of nitrogens with one attached hydrogen (secondary N) is 2. The monoisotopic (exact) mass is 176 g/mol. The topological polar surface area (TPSA) is 27.8 Å². The SMILES string of the molecule is c1c(C2CCC2)[nH]c2c1CNCC2. The Kier molecular flexibility index (Phi) is 1.69. The highest BCUT2D eigenvalue weighted by Gasteiger charge is 2.23. The average Bonchev–Trinajstić information content (AvgIpc) is 2.43. The Hall–Kier alpha value is -0.760. The van der Waals surface area contributed by atoms with Crippen LogP contribution < -0.4 is 5.32 Å². The van der Waals surface area contributed by atoms with Gasteiger partial charge in [0.25, 0.3) is 0 Å². The van der Waals surface area contributed by atoms with Crippen molar-refractivity contribution in [3.8, 4) is 0 Å². The van der Waals surface area contributed by atoms with Crippen molar-refractivity contribution in [2.24, 2.45) is 0 Å². The predicted molar refractivity (Wildman–Crippen MR) is 52.8 cm³/mol. The Morgan fingerprint density at radius 3 is 2.92 bits per heavy atom. The fourth-order valence-corrected chi connectivity index (χ4v) is 2.32. The number of hydrogen-bond acceptors (Lipinski definition) is 1. The van der Waals surface area contributed by atoms with E-state index in [4.69, 9.17) is 0 Å². The zero-order valence-corrected chi connectivity index (χ0v) is 7.90. The summed E-state index contributed by atoms with van der Waals surface area (Å²) in [6.07, 6.45) is 5.40. The Bertz CT molecular complexity index is 286. The molecule has 0 aromatic carbocycles. The van der Waals surface area contributed by atoms with Crippen molar-refractivity contribution in [1.82, 2.24) is 10.3 Å². The lowest BCUT2D eigenvalue weighted by Crippen LogP contribution is -2.22. The summed E-state index contributed by atoms with van der Waals surface area (Å²) in [4.78, 5) is 3.60. The molecule has 0 atom stereocenters. The van der Waals surface area contributed by atoms with Crippen LogP contribution in [0.3, 0.4) is 0 Å². The van der Waals surface area contributed by atoms with E-state index in [9.17, 15) is 0 Å². The fourth-order valence-electron chi connectivity index (χ4n) is 2.32. The van der Waals surface area contributed by atoms with Crippen LogP contribution in [0.1, 0.15) is 42.1 Å². The lowest BCUT2D eigenvalue weighted by Gasteiger charge is -2.24. The van der Waals surface area contributed by atoms with Crippen molar-refractivity contribution >= 4 is 0 Å². The molecular formula is C11H16N2. The van der Waals surface area contributed by atoms with E-state index in [0.717, 1.165) is 19.0 Å². The molecule has 0 unspecified atom stereocenters. The van der Waals surface area contributed by atoms with E-state index >= 15 is 0 Å². The molecule has 0 amide bonds. The predicted octanol–water partition coefficient (Wildman–Crippen LogP) is 1.93. The quantitative estimate of drug-likeness (QED) is 0.672. The van der Waals surface area contributed by atoms with E-state index in [1.165, 1.54) is 42.6 Å². The van der Waals surface area contributed by atoms with Gasteiger partial charge in [0.2, 0.25) is 0 Å². The molecule has 2 heterocycles. The van der Waals surface area contributed by atoms with Crippen LogP contribution in [-0.2, 0) is 13.0 Å². The smallest absolute Gasteiger partial charge is 0.0223 e. The fraction of sp³-hybridized carbons (Fsp3) is 0.636. The van der Waals surface area contributed by atoms with Crippen LogP contribution in [0.4, 0.5) is 0 Å². The number of H-pyrrole nitrogens is 1. The summed E-state index contributed by atoms with van der Waals surface area (Å²) < 4.78 is 0. The van der Waals surface area contributed by atoms with E-state index in [1.54, 1.807) is 0 Å². The first-order valence-corrected chi connectivity index (χ1v) is 5.35. The van der Waals surface area contributed by atoms with Crippen molar-refractivity contribution < 1.29 is 0 Å². The maximum absolute atomic E-state index is 3.60. The molecule has 0 spiro atoms. The lowest BCUT2D eigenvalue weighted by molar-refractivity contribution is 0.412. The summed E-state index contributed by atoms with van der Waals surface area (Å²) in [5.74, 6) is 0.852. The zero-order chi connectivity index (χ0) is 8.67. The number of rotatable bonds is 1. The molecule has 0 saturated heterocycles. The molecule has 1 fully saturated rings. The molecule has 0 bridgehead atoms. The van der Waals surface area contributed by atoms with Crippen LogP contribution in [0.2, 0.25) is 0 Å². The first-order valence-electron chi connectivity index (χ1n) is 5.35. The third kappa shape index (κ3) is 1.20. The third-order valence-electron chi connectivity index (χ3n) is 3.42. The molecule has 0 radical (unpaired) electrons. The van der Waals surface area contributed by atoms with Gasteiger partial charge in [0.05, 0.1) is 0 Å². The van der Waals surface area contributed by atoms with Crippen LogP contribution in [0.25, 0.3) is 0 Å². The number of fused-ring (bicyclic) bond motifs is 1. The highest BCUT2D eigenvalue weighted by atomic mass is 14.9. The lowest BCUT2D eigenvalue weighted by atomic mass is 9.83. The molecule has 2 N–H and O–H groups in total. The van der Waals surface area contributed by atoms with Crippen LogP contribution >= 0.6 is 0 Å². The molecule has 1 aliphatic heterocycles. The highest BCUT2D eigenvalue weighted by Crippen LogP contribution is 2.36. The molecule has 1 aromatic heterocycles. The maximum atomic E-state index is 3.60. The molecule has 2 nitrogen and oxygen atoms in total. The third-order valence-corrected chi connectivity index (χ3v) is 3.42. The van der Waals surface area contributed by atoms with E-state index < -0.39 is 0 Å². The van der Waals surface area contributed by atoms with Gasteiger partial charge in [0.15, 0.2) is 0 Å². The first kappa shape index (κ1) is 7.63. The standard InChI is InChI=1S/C11H16N2/c1-2-8(3-1)11-6-9-7-12-5-4-10(9)13-11/h6,8,12-13H,1-5,7H2. The van der Waals surface area contributed by atoms with Gasteiger partial charge in [-0.1, -0.05) is 6.42 Å². The summed E-state index contributed by atoms with van der Waals surface area (Å²) in [6.45, 7) is 2.20. The van der Waals surface area contributed by atoms with Gasteiger partial charge in [-0.15, -0.1) is 0 Å².